The van der Waals surface area contributed by atoms with Crippen LogP contribution in [0.4, 0.5) is 0 Å². The number of aromatic nitrogens is 2. The van der Waals surface area contributed by atoms with E-state index in [9.17, 15) is 0 Å². The van der Waals surface area contributed by atoms with Gasteiger partial charge in [-0.1, -0.05) is 31.4 Å². The maximum Gasteiger partial charge on any atom is 0.110 e. The average Bonchev–Trinajstić information content (AvgIpc) is 2.85. The third-order valence-electron chi connectivity index (χ3n) is 5.65. The number of likely N-dealkylation sites (tertiary alicyclic amines) is 1. The monoisotopic (exact) mass is 297 g/mol. The Kier molecular flexibility index (Phi) is 4.15. The van der Waals surface area contributed by atoms with Gasteiger partial charge in [0, 0.05) is 12.0 Å². The van der Waals surface area contributed by atoms with Crippen molar-refractivity contribution in [1.29, 1.82) is 0 Å². The van der Waals surface area contributed by atoms with E-state index in [0.29, 0.717) is 5.92 Å². The summed E-state index contributed by atoms with van der Waals surface area (Å²) >= 11 is 0. The Balaban J connectivity index is 1.45. The zero-order valence-corrected chi connectivity index (χ0v) is 13.4. The summed E-state index contributed by atoms with van der Waals surface area (Å²) in [7, 11) is 0. The van der Waals surface area contributed by atoms with Gasteiger partial charge in [-0.05, 0) is 57.3 Å². The Labute approximate surface area is 133 Å². The smallest absolute Gasteiger partial charge is 0.110 e. The molecule has 1 atom stereocenters. The number of hydrogen-bond acceptors (Lipinski definition) is 2. The summed E-state index contributed by atoms with van der Waals surface area (Å²) in [4.78, 5) is 11.2. The van der Waals surface area contributed by atoms with E-state index in [2.05, 4.69) is 34.1 Å². The lowest BCUT2D eigenvalue weighted by Crippen LogP contribution is -2.37. The van der Waals surface area contributed by atoms with Crippen molar-refractivity contribution in [1.82, 2.24) is 14.9 Å². The van der Waals surface area contributed by atoms with Crippen molar-refractivity contribution in [2.24, 2.45) is 0 Å². The first kappa shape index (κ1) is 14.3. The summed E-state index contributed by atoms with van der Waals surface area (Å²) in [6, 6.07) is 9.27. The van der Waals surface area contributed by atoms with Crippen LogP contribution >= 0.6 is 0 Å². The Hall–Kier alpha value is -1.35. The number of hydrogen-bond donors (Lipinski definition) is 1. The number of rotatable bonds is 2. The van der Waals surface area contributed by atoms with E-state index in [4.69, 9.17) is 4.98 Å². The zero-order chi connectivity index (χ0) is 14.8. The predicted octanol–water partition coefficient (Wildman–Crippen LogP) is 4.47. The highest BCUT2D eigenvalue weighted by Crippen LogP contribution is 2.31. The molecule has 4 rings (SSSR count). The van der Waals surface area contributed by atoms with Gasteiger partial charge in [-0.3, -0.25) is 0 Å². The minimum atomic E-state index is 0.612. The van der Waals surface area contributed by atoms with Crippen molar-refractivity contribution in [3.8, 4) is 0 Å². The van der Waals surface area contributed by atoms with Gasteiger partial charge in [0.15, 0.2) is 0 Å². The molecule has 0 amide bonds. The van der Waals surface area contributed by atoms with Gasteiger partial charge in [-0.2, -0.15) is 0 Å². The zero-order valence-electron chi connectivity index (χ0n) is 13.4. The average molecular weight is 297 g/mol. The maximum absolute atomic E-state index is 4.84. The lowest BCUT2D eigenvalue weighted by atomic mass is 9.94. The molecule has 1 aliphatic heterocycles. The molecule has 3 heteroatoms. The van der Waals surface area contributed by atoms with Gasteiger partial charge in [-0.25, -0.2) is 4.98 Å². The van der Waals surface area contributed by atoms with Gasteiger partial charge in [0.25, 0.3) is 0 Å². The lowest BCUT2D eigenvalue weighted by Gasteiger charge is -2.33. The van der Waals surface area contributed by atoms with E-state index in [0.717, 1.165) is 11.6 Å². The van der Waals surface area contributed by atoms with Gasteiger partial charge >= 0.3 is 0 Å². The van der Waals surface area contributed by atoms with Gasteiger partial charge in [-0.15, -0.1) is 0 Å². The van der Waals surface area contributed by atoms with Crippen LogP contribution in [0.2, 0.25) is 0 Å². The number of aromatic amines is 1. The molecule has 22 heavy (non-hydrogen) atoms. The van der Waals surface area contributed by atoms with Crippen LogP contribution in [0, 0.1) is 0 Å². The topological polar surface area (TPSA) is 31.9 Å². The van der Waals surface area contributed by atoms with Crippen molar-refractivity contribution in [2.45, 2.75) is 63.3 Å². The molecule has 2 aromatic rings. The molecule has 118 valence electrons. The van der Waals surface area contributed by atoms with E-state index in [1.165, 1.54) is 75.8 Å². The summed E-state index contributed by atoms with van der Waals surface area (Å²) in [5, 5.41) is 0. The van der Waals surface area contributed by atoms with Gasteiger partial charge in [0.2, 0.25) is 0 Å². The van der Waals surface area contributed by atoms with Crippen molar-refractivity contribution in [2.75, 3.05) is 13.1 Å². The molecule has 1 aliphatic carbocycles. The Morgan fingerprint density at radius 1 is 0.909 bits per heavy atom. The molecule has 1 aromatic carbocycles. The summed E-state index contributed by atoms with van der Waals surface area (Å²) in [6.07, 6.45) is 11.0. The van der Waals surface area contributed by atoms with Crippen LogP contribution < -0.4 is 0 Å². The lowest BCUT2D eigenvalue weighted by molar-refractivity contribution is 0.161. The molecule has 0 spiro atoms. The molecule has 3 nitrogen and oxygen atoms in total. The molecule has 1 aromatic heterocycles. The molecule has 2 fully saturated rings. The second-order valence-corrected chi connectivity index (χ2v) is 7.09. The van der Waals surface area contributed by atoms with Crippen LogP contribution in [0.1, 0.15) is 63.1 Å². The second-order valence-electron chi connectivity index (χ2n) is 7.09. The van der Waals surface area contributed by atoms with Crippen LogP contribution in [0.5, 0.6) is 0 Å². The van der Waals surface area contributed by atoms with Crippen molar-refractivity contribution >= 4 is 11.0 Å². The number of fused-ring (bicyclic) bond motifs is 1. The molecule has 0 radical (unpaired) electrons. The SMILES string of the molecule is c1ccc2[nH]c(C3CCCN(C4CCCCC4)CC3)nc2c1. The molecular weight excluding hydrogens is 270 g/mol. The second kappa shape index (κ2) is 6.41. The Bertz CT molecular complexity index is 579. The standard InChI is InChI=1S/C19H27N3/c1-2-8-16(9-3-1)22-13-6-7-15(12-14-22)19-20-17-10-4-5-11-18(17)21-19/h4-5,10-11,15-16H,1-3,6-9,12-14H2,(H,20,21). The van der Waals surface area contributed by atoms with Crippen LogP contribution in [0.25, 0.3) is 11.0 Å². The van der Waals surface area contributed by atoms with Crippen molar-refractivity contribution in [3.63, 3.8) is 0 Å². The number of benzene rings is 1. The highest BCUT2D eigenvalue weighted by atomic mass is 15.2. The molecular formula is C19H27N3. The first-order chi connectivity index (χ1) is 10.9. The fourth-order valence-corrected chi connectivity index (χ4v) is 4.37. The van der Waals surface area contributed by atoms with Crippen LogP contribution in [-0.2, 0) is 0 Å². The van der Waals surface area contributed by atoms with E-state index >= 15 is 0 Å². The van der Waals surface area contributed by atoms with Gasteiger partial charge < -0.3 is 9.88 Å². The molecule has 1 N–H and O–H groups in total. The third-order valence-corrected chi connectivity index (χ3v) is 5.65. The van der Waals surface area contributed by atoms with Crippen LogP contribution in [-0.4, -0.2) is 34.0 Å². The predicted molar refractivity (Wildman–Crippen MR) is 91.1 cm³/mol. The maximum atomic E-state index is 4.84. The highest BCUT2D eigenvalue weighted by Gasteiger charge is 2.26. The Morgan fingerprint density at radius 2 is 1.77 bits per heavy atom. The highest BCUT2D eigenvalue weighted by molar-refractivity contribution is 5.74. The number of nitrogens with zero attached hydrogens (tertiary/aromatic N) is 2. The number of nitrogens with one attached hydrogen (secondary N) is 1. The largest absolute Gasteiger partial charge is 0.342 e. The van der Waals surface area contributed by atoms with Crippen LogP contribution in [0.15, 0.2) is 24.3 Å². The van der Waals surface area contributed by atoms with Gasteiger partial charge in [0.1, 0.15) is 5.82 Å². The van der Waals surface area contributed by atoms with Gasteiger partial charge in [0.05, 0.1) is 11.0 Å². The Morgan fingerprint density at radius 3 is 2.64 bits per heavy atom. The number of imidazole rings is 1. The molecule has 1 unspecified atom stereocenters. The van der Waals surface area contributed by atoms with Crippen LogP contribution in [0.3, 0.4) is 0 Å². The summed E-state index contributed by atoms with van der Waals surface area (Å²) in [5.74, 6) is 1.83. The van der Waals surface area contributed by atoms with E-state index in [1.807, 2.05) is 0 Å². The first-order valence-corrected chi connectivity index (χ1v) is 9.09. The first-order valence-electron chi connectivity index (χ1n) is 9.09. The minimum absolute atomic E-state index is 0.612. The molecule has 0 bridgehead atoms. The van der Waals surface area contributed by atoms with E-state index in [-0.39, 0.29) is 0 Å². The van der Waals surface area contributed by atoms with Crippen molar-refractivity contribution in [3.05, 3.63) is 30.1 Å². The summed E-state index contributed by atoms with van der Waals surface area (Å²) in [5.41, 5.74) is 2.30. The normalized spacial score (nSPS) is 25.4. The van der Waals surface area contributed by atoms with Crippen molar-refractivity contribution < 1.29 is 0 Å². The summed E-state index contributed by atoms with van der Waals surface area (Å²) in [6.45, 7) is 2.55. The third kappa shape index (κ3) is 2.91. The van der Waals surface area contributed by atoms with E-state index < -0.39 is 0 Å². The minimum Gasteiger partial charge on any atom is -0.342 e. The summed E-state index contributed by atoms with van der Waals surface area (Å²) < 4.78 is 0. The quantitative estimate of drug-likeness (QED) is 0.887. The molecule has 2 aliphatic rings. The van der Waals surface area contributed by atoms with E-state index in [1.54, 1.807) is 0 Å². The number of para-hydroxylation sites is 2. The molecule has 1 saturated carbocycles. The fourth-order valence-electron chi connectivity index (χ4n) is 4.37. The fraction of sp³-hybridized carbons (Fsp3) is 0.632. The molecule has 1 saturated heterocycles. The number of H-pyrrole nitrogens is 1. The molecule has 2 heterocycles.